The molecule has 1 aromatic heterocycles. The Kier molecular flexibility index (Phi) is 5.41. The average molecular weight is 374 g/mol. The number of nitrogens with zero attached hydrogens (tertiary/aromatic N) is 3. The van der Waals surface area contributed by atoms with Crippen LogP contribution in [-0.2, 0) is 11.8 Å². The van der Waals surface area contributed by atoms with Gasteiger partial charge in [0.25, 0.3) is 0 Å². The number of morpholine rings is 1. The Morgan fingerprint density at radius 2 is 1.96 bits per heavy atom. The zero-order chi connectivity index (χ0) is 19.7. The highest BCUT2D eigenvalue weighted by atomic mass is 16.5. The first kappa shape index (κ1) is 19.2. The quantitative estimate of drug-likeness (QED) is 0.621. The second-order valence-corrected chi connectivity index (χ2v) is 7.46. The third-order valence-electron chi connectivity index (χ3n) is 4.53. The molecule has 0 bridgehead atoms. The van der Waals surface area contributed by atoms with Gasteiger partial charge in [-0.15, -0.1) is 0 Å². The van der Waals surface area contributed by atoms with Crippen LogP contribution in [0.2, 0.25) is 0 Å². The normalized spacial score (nSPS) is 20.1. The lowest BCUT2D eigenvalue weighted by molar-refractivity contribution is -0.00548. The SMILES string of the molecule is CC(C)Oc1ccc(N)c(C(=N)c2cc(N3C[C@@H](C)O[C@@H](C)C3)nn2C)c1.[HH]. The number of aryl methyl sites for hydroxylation is 1. The summed E-state index contributed by atoms with van der Waals surface area (Å²) in [5.74, 6) is 1.56. The van der Waals surface area contributed by atoms with Gasteiger partial charge in [-0.25, -0.2) is 0 Å². The zero-order valence-electron chi connectivity index (χ0n) is 16.7. The van der Waals surface area contributed by atoms with Crippen molar-refractivity contribution in [3.05, 3.63) is 35.5 Å². The number of nitrogen functional groups attached to an aromatic ring is 1. The van der Waals surface area contributed by atoms with Crippen LogP contribution >= 0.6 is 0 Å². The molecule has 0 radical (unpaired) electrons. The van der Waals surface area contributed by atoms with Crippen LogP contribution < -0.4 is 15.4 Å². The van der Waals surface area contributed by atoms with E-state index in [0.29, 0.717) is 28.4 Å². The fourth-order valence-electron chi connectivity index (χ4n) is 3.44. The molecule has 27 heavy (non-hydrogen) atoms. The lowest BCUT2D eigenvalue weighted by atomic mass is 10.0. The van der Waals surface area contributed by atoms with Crippen molar-refractivity contribution in [3.63, 3.8) is 0 Å². The van der Waals surface area contributed by atoms with Crippen molar-refractivity contribution < 1.29 is 10.9 Å². The molecule has 7 nitrogen and oxygen atoms in total. The van der Waals surface area contributed by atoms with Crippen LogP contribution in [0.15, 0.2) is 24.3 Å². The van der Waals surface area contributed by atoms with Gasteiger partial charge in [-0.05, 0) is 45.9 Å². The number of ether oxygens (including phenoxy) is 2. The van der Waals surface area contributed by atoms with Crippen LogP contribution in [0.25, 0.3) is 0 Å². The molecule has 0 aliphatic carbocycles. The first-order chi connectivity index (χ1) is 12.7. The van der Waals surface area contributed by atoms with Crippen LogP contribution in [0.3, 0.4) is 0 Å². The molecule has 0 spiro atoms. The minimum absolute atomic E-state index is 0. The summed E-state index contributed by atoms with van der Waals surface area (Å²) in [5, 5.41) is 13.3. The molecule has 0 amide bonds. The van der Waals surface area contributed by atoms with Crippen molar-refractivity contribution in [1.82, 2.24) is 9.78 Å². The van der Waals surface area contributed by atoms with E-state index >= 15 is 0 Å². The van der Waals surface area contributed by atoms with E-state index in [9.17, 15) is 0 Å². The summed E-state index contributed by atoms with van der Waals surface area (Å²) < 4.78 is 13.3. The van der Waals surface area contributed by atoms with Crippen LogP contribution in [0, 0.1) is 5.41 Å². The summed E-state index contributed by atoms with van der Waals surface area (Å²) >= 11 is 0. The third-order valence-corrected chi connectivity index (χ3v) is 4.53. The molecule has 2 atom stereocenters. The minimum atomic E-state index is 0. The third kappa shape index (κ3) is 4.24. The van der Waals surface area contributed by atoms with Gasteiger partial charge in [-0.3, -0.25) is 10.1 Å². The van der Waals surface area contributed by atoms with E-state index in [1.165, 1.54) is 0 Å². The summed E-state index contributed by atoms with van der Waals surface area (Å²) in [4.78, 5) is 2.21. The molecule has 0 saturated carbocycles. The van der Waals surface area contributed by atoms with Gasteiger partial charge in [0.1, 0.15) is 5.75 Å². The number of hydrogen-bond acceptors (Lipinski definition) is 6. The number of benzene rings is 1. The van der Waals surface area contributed by atoms with E-state index in [2.05, 4.69) is 23.8 Å². The van der Waals surface area contributed by atoms with Crippen LogP contribution in [0.1, 0.15) is 40.4 Å². The number of aromatic nitrogens is 2. The second-order valence-electron chi connectivity index (χ2n) is 7.46. The van der Waals surface area contributed by atoms with E-state index in [-0.39, 0.29) is 19.7 Å². The maximum atomic E-state index is 8.70. The fraction of sp³-hybridized carbons (Fsp3) is 0.500. The number of nitrogens with one attached hydrogen (secondary N) is 1. The Hall–Kier alpha value is -2.54. The molecule has 3 rings (SSSR count). The van der Waals surface area contributed by atoms with Crippen LogP contribution in [0.4, 0.5) is 11.5 Å². The first-order valence-electron chi connectivity index (χ1n) is 9.34. The molecule has 1 aliphatic heterocycles. The number of hydrogen-bond donors (Lipinski definition) is 2. The Bertz CT molecular complexity index is 826. The summed E-state index contributed by atoms with van der Waals surface area (Å²) in [6.07, 6.45) is 0.364. The van der Waals surface area contributed by atoms with E-state index in [0.717, 1.165) is 18.9 Å². The second kappa shape index (κ2) is 7.60. The van der Waals surface area contributed by atoms with Crippen molar-refractivity contribution in [1.29, 1.82) is 5.41 Å². The highest BCUT2D eigenvalue weighted by Gasteiger charge is 2.25. The van der Waals surface area contributed by atoms with Gasteiger partial charge in [0.15, 0.2) is 5.82 Å². The summed E-state index contributed by atoms with van der Waals surface area (Å²) in [7, 11) is 1.85. The topological polar surface area (TPSA) is 89.4 Å². The molecule has 1 aliphatic rings. The van der Waals surface area contributed by atoms with Crippen molar-refractivity contribution in [3.8, 4) is 5.75 Å². The van der Waals surface area contributed by atoms with Gasteiger partial charge in [0.2, 0.25) is 0 Å². The zero-order valence-corrected chi connectivity index (χ0v) is 16.7. The molecule has 148 valence electrons. The van der Waals surface area contributed by atoms with Gasteiger partial charge in [0, 0.05) is 38.9 Å². The highest BCUT2D eigenvalue weighted by molar-refractivity contribution is 6.13. The largest absolute Gasteiger partial charge is 0.491 e. The summed E-state index contributed by atoms with van der Waals surface area (Å²) in [6, 6.07) is 7.38. The fourth-order valence-corrected chi connectivity index (χ4v) is 3.44. The molecule has 3 N–H and O–H groups in total. The minimum Gasteiger partial charge on any atom is -0.491 e. The number of nitrogens with two attached hydrogens (primary N) is 1. The first-order valence-corrected chi connectivity index (χ1v) is 9.34. The summed E-state index contributed by atoms with van der Waals surface area (Å²) in [5.41, 5.74) is 8.38. The molecule has 1 saturated heterocycles. The van der Waals surface area contributed by atoms with E-state index in [1.54, 1.807) is 10.7 Å². The van der Waals surface area contributed by atoms with Crippen LogP contribution in [-0.4, -0.2) is 46.9 Å². The monoisotopic (exact) mass is 373 g/mol. The van der Waals surface area contributed by atoms with E-state index < -0.39 is 0 Å². The average Bonchev–Trinajstić information content (AvgIpc) is 2.96. The molecule has 2 aromatic rings. The molecule has 0 unspecified atom stereocenters. The smallest absolute Gasteiger partial charge is 0.151 e. The Labute approximate surface area is 162 Å². The maximum absolute atomic E-state index is 8.70. The Morgan fingerprint density at radius 3 is 2.59 bits per heavy atom. The van der Waals surface area contributed by atoms with Gasteiger partial charge >= 0.3 is 0 Å². The molecular weight excluding hydrogens is 342 g/mol. The predicted molar refractivity (Wildman–Crippen MR) is 110 cm³/mol. The Morgan fingerprint density at radius 1 is 1.30 bits per heavy atom. The lowest BCUT2D eigenvalue weighted by Gasteiger charge is -2.35. The molecule has 1 aromatic carbocycles. The highest BCUT2D eigenvalue weighted by Crippen LogP contribution is 2.26. The van der Waals surface area contributed by atoms with Crippen molar-refractivity contribution in [2.24, 2.45) is 7.05 Å². The van der Waals surface area contributed by atoms with Gasteiger partial charge in [-0.1, -0.05) is 0 Å². The lowest BCUT2D eigenvalue weighted by Crippen LogP contribution is -2.45. The maximum Gasteiger partial charge on any atom is 0.151 e. The van der Waals surface area contributed by atoms with Crippen LogP contribution in [0.5, 0.6) is 5.75 Å². The van der Waals surface area contributed by atoms with Gasteiger partial charge in [-0.2, -0.15) is 5.10 Å². The van der Waals surface area contributed by atoms with Crippen molar-refractivity contribution >= 4 is 17.2 Å². The molecular formula is C20H31N5O2. The van der Waals surface area contributed by atoms with Crippen molar-refractivity contribution in [2.75, 3.05) is 23.7 Å². The van der Waals surface area contributed by atoms with Crippen molar-refractivity contribution in [2.45, 2.75) is 46.0 Å². The Balaban J connectivity index is 0.00000280. The van der Waals surface area contributed by atoms with E-state index in [1.807, 2.05) is 39.1 Å². The predicted octanol–water partition coefficient (Wildman–Crippen LogP) is 3.07. The summed E-state index contributed by atoms with van der Waals surface area (Å²) in [6.45, 7) is 9.64. The number of rotatable bonds is 5. The molecule has 1 fully saturated rings. The van der Waals surface area contributed by atoms with Gasteiger partial charge in [0.05, 0.1) is 29.7 Å². The standard InChI is InChI=1S/C20H29N5O2.H2/c1-12(2)26-15-6-7-17(21)16(8-15)20(22)18-9-19(23-24(18)5)25-10-13(3)27-14(4)11-25;/h6-9,12-14,22H,10-11,21H2,1-5H3;1H/t13-,14+;. The number of anilines is 2. The van der Waals surface area contributed by atoms with E-state index in [4.69, 9.17) is 20.6 Å². The molecule has 7 heteroatoms. The molecule has 2 heterocycles. The van der Waals surface area contributed by atoms with Gasteiger partial charge < -0.3 is 20.1 Å².